The number of hydrogen-bond donors (Lipinski definition) is 0. The van der Waals surface area contributed by atoms with Crippen LogP contribution in [0.15, 0.2) is 18.2 Å². The van der Waals surface area contributed by atoms with Gasteiger partial charge in [-0.3, -0.25) is 14.5 Å². The van der Waals surface area contributed by atoms with E-state index in [1.165, 1.54) is 6.07 Å². The minimum atomic E-state index is -0.881. The van der Waals surface area contributed by atoms with Crippen LogP contribution in [0.3, 0.4) is 0 Å². The zero-order valence-electron chi connectivity index (χ0n) is 14.4. The minimum Gasteiger partial charge on any atom is -0.339 e. The molecule has 1 aromatic carbocycles. The molecule has 1 saturated heterocycles. The van der Waals surface area contributed by atoms with Crippen molar-refractivity contribution in [3.63, 3.8) is 0 Å². The first-order chi connectivity index (χ1) is 11.9. The van der Waals surface area contributed by atoms with Crippen molar-refractivity contribution < 1.29 is 18.4 Å². The van der Waals surface area contributed by atoms with Gasteiger partial charge in [-0.2, -0.15) is 0 Å². The maximum atomic E-state index is 13.2. The molecule has 5 nitrogen and oxygen atoms in total. The van der Waals surface area contributed by atoms with Crippen LogP contribution in [-0.4, -0.2) is 66.3 Å². The van der Waals surface area contributed by atoms with Gasteiger partial charge in [0.15, 0.2) is 11.6 Å². The van der Waals surface area contributed by atoms with Gasteiger partial charge in [0.2, 0.25) is 11.8 Å². The maximum absolute atomic E-state index is 13.2. The second-order valence-electron chi connectivity index (χ2n) is 6.90. The van der Waals surface area contributed by atoms with Crippen molar-refractivity contribution in [3.8, 4) is 0 Å². The lowest BCUT2D eigenvalue weighted by molar-refractivity contribution is -0.140. The van der Waals surface area contributed by atoms with E-state index in [-0.39, 0.29) is 24.3 Å². The van der Waals surface area contributed by atoms with Gasteiger partial charge in [0.25, 0.3) is 0 Å². The zero-order valence-corrected chi connectivity index (χ0v) is 14.4. The van der Waals surface area contributed by atoms with Gasteiger partial charge < -0.3 is 9.80 Å². The van der Waals surface area contributed by atoms with Crippen LogP contribution >= 0.6 is 0 Å². The highest BCUT2D eigenvalue weighted by Gasteiger charge is 2.35. The molecule has 7 heteroatoms. The van der Waals surface area contributed by atoms with Gasteiger partial charge >= 0.3 is 0 Å². The summed E-state index contributed by atoms with van der Waals surface area (Å²) in [5.74, 6) is -1.33. The van der Waals surface area contributed by atoms with Crippen molar-refractivity contribution in [1.82, 2.24) is 14.7 Å². The van der Waals surface area contributed by atoms with Crippen LogP contribution in [0.25, 0.3) is 0 Å². The Balaban J connectivity index is 1.45. The molecule has 0 N–H and O–H groups in total. The Morgan fingerprint density at radius 2 is 1.72 bits per heavy atom. The number of hydrogen-bond acceptors (Lipinski definition) is 3. The van der Waals surface area contributed by atoms with Gasteiger partial charge in [-0.1, -0.05) is 6.07 Å². The molecular weight excluding hydrogens is 328 g/mol. The summed E-state index contributed by atoms with van der Waals surface area (Å²) in [5.41, 5.74) is 0.619. The molecule has 2 amide bonds. The second kappa shape index (κ2) is 7.47. The fourth-order valence-corrected chi connectivity index (χ4v) is 3.10. The van der Waals surface area contributed by atoms with E-state index >= 15 is 0 Å². The second-order valence-corrected chi connectivity index (χ2v) is 6.90. The highest BCUT2D eigenvalue weighted by Crippen LogP contribution is 2.31. The number of carbonyl (C=O) groups excluding carboxylic acids is 2. The molecule has 0 bridgehead atoms. The summed E-state index contributed by atoms with van der Waals surface area (Å²) in [5, 5.41) is 0. The van der Waals surface area contributed by atoms with Crippen molar-refractivity contribution >= 4 is 11.8 Å². The van der Waals surface area contributed by atoms with Crippen molar-refractivity contribution in [2.75, 3.05) is 39.8 Å². The van der Waals surface area contributed by atoms with Crippen LogP contribution in [0.2, 0.25) is 0 Å². The number of halogens is 2. The smallest absolute Gasteiger partial charge is 0.236 e. The first-order valence-corrected chi connectivity index (χ1v) is 8.63. The molecule has 1 heterocycles. The molecule has 1 aromatic rings. The fourth-order valence-electron chi connectivity index (χ4n) is 3.10. The number of rotatable bonds is 5. The Labute approximate surface area is 146 Å². The summed E-state index contributed by atoms with van der Waals surface area (Å²) >= 11 is 0. The minimum absolute atomic E-state index is 0.0106. The molecule has 0 radical (unpaired) electrons. The summed E-state index contributed by atoms with van der Waals surface area (Å²) in [6, 6.07) is 3.76. The maximum Gasteiger partial charge on any atom is 0.236 e. The monoisotopic (exact) mass is 351 g/mol. The molecule has 1 aliphatic heterocycles. The Bertz CT molecular complexity index is 656. The van der Waals surface area contributed by atoms with Crippen LogP contribution in [-0.2, 0) is 16.1 Å². The van der Waals surface area contributed by atoms with Gasteiger partial charge in [-0.25, -0.2) is 8.78 Å². The summed E-state index contributed by atoms with van der Waals surface area (Å²) in [4.78, 5) is 29.8. The van der Waals surface area contributed by atoms with Crippen LogP contribution in [0.5, 0.6) is 0 Å². The van der Waals surface area contributed by atoms with E-state index in [2.05, 4.69) is 0 Å². The molecule has 25 heavy (non-hydrogen) atoms. The molecule has 3 rings (SSSR count). The molecule has 0 aromatic heterocycles. The van der Waals surface area contributed by atoms with Crippen LogP contribution < -0.4 is 0 Å². The number of piperazine rings is 1. The van der Waals surface area contributed by atoms with E-state index in [1.807, 2.05) is 4.90 Å². The molecule has 0 unspecified atom stereocenters. The Kier molecular flexibility index (Phi) is 5.32. The van der Waals surface area contributed by atoms with E-state index in [4.69, 9.17) is 0 Å². The standard InChI is InChI=1S/C18H23F2N3O2/c1-21(11-13-2-5-15(19)16(20)10-13)12-17(24)22-6-8-23(9-7-22)18(25)14-3-4-14/h2,5,10,14H,3-4,6-9,11-12H2,1H3. The van der Waals surface area contributed by atoms with Crippen molar-refractivity contribution in [3.05, 3.63) is 35.4 Å². The summed E-state index contributed by atoms with van der Waals surface area (Å²) in [7, 11) is 1.77. The van der Waals surface area contributed by atoms with Gasteiger partial charge in [-0.05, 0) is 37.6 Å². The molecule has 2 fully saturated rings. The summed E-state index contributed by atoms with van der Waals surface area (Å²) in [6.45, 7) is 2.85. The Hall–Kier alpha value is -2.02. The van der Waals surface area contributed by atoms with E-state index in [0.717, 1.165) is 25.0 Å². The predicted molar refractivity (Wildman–Crippen MR) is 88.6 cm³/mol. The quantitative estimate of drug-likeness (QED) is 0.807. The van der Waals surface area contributed by atoms with Crippen molar-refractivity contribution in [2.24, 2.45) is 5.92 Å². The molecule has 1 saturated carbocycles. The molecule has 1 aliphatic carbocycles. The highest BCUT2D eigenvalue weighted by atomic mass is 19.2. The third kappa shape index (κ3) is 4.54. The number of likely N-dealkylation sites (N-methyl/N-ethyl adjacent to an activating group) is 1. The number of carbonyl (C=O) groups is 2. The summed E-state index contributed by atoms with van der Waals surface area (Å²) in [6.07, 6.45) is 1.99. The molecule has 136 valence electrons. The largest absolute Gasteiger partial charge is 0.339 e. The van der Waals surface area contributed by atoms with Crippen LogP contribution in [0.1, 0.15) is 18.4 Å². The van der Waals surface area contributed by atoms with Crippen molar-refractivity contribution in [1.29, 1.82) is 0 Å². The molecule has 0 spiro atoms. The normalized spacial score (nSPS) is 17.9. The average Bonchev–Trinajstić information content (AvgIpc) is 3.42. The topological polar surface area (TPSA) is 43.9 Å². The fraction of sp³-hybridized carbons (Fsp3) is 0.556. The zero-order chi connectivity index (χ0) is 18.0. The number of benzene rings is 1. The third-order valence-electron chi connectivity index (χ3n) is 4.71. The van der Waals surface area contributed by atoms with Gasteiger partial charge in [0.1, 0.15) is 0 Å². The average molecular weight is 351 g/mol. The van der Waals surface area contributed by atoms with Gasteiger partial charge in [-0.15, -0.1) is 0 Å². The first-order valence-electron chi connectivity index (χ1n) is 8.63. The lowest BCUT2D eigenvalue weighted by Crippen LogP contribution is -2.52. The van der Waals surface area contributed by atoms with Crippen molar-refractivity contribution in [2.45, 2.75) is 19.4 Å². The lowest BCUT2D eigenvalue weighted by atomic mass is 10.2. The third-order valence-corrected chi connectivity index (χ3v) is 4.71. The van der Waals surface area contributed by atoms with E-state index < -0.39 is 11.6 Å². The Morgan fingerprint density at radius 3 is 2.32 bits per heavy atom. The van der Waals surface area contributed by atoms with E-state index in [1.54, 1.807) is 16.8 Å². The molecule has 0 atom stereocenters. The molecule has 2 aliphatic rings. The highest BCUT2D eigenvalue weighted by molar-refractivity contribution is 5.82. The summed E-state index contributed by atoms with van der Waals surface area (Å²) < 4.78 is 26.2. The van der Waals surface area contributed by atoms with Crippen LogP contribution in [0, 0.1) is 17.6 Å². The Morgan fingerprint density at radius 1 is 1.08 bits per heavy atom. The SMILES string of the molecule is CN(CC(=O)N1CCN(C(=O)C2CC2)CC1)Cc1ccc(F)c(F)c1. The van der Waals surface area contributed by atoms with Gasteiger partial charge in [0, 0.05) is 38.6 Å². The van der Waals surface area contributed by atoms with E-state index in [9.17, 15) is 18.4 Å². The predicted octanol–water partition coefficient (Wildman–Crippen LogP) is 1.48. The first kappa shape index (κ1) is 17.8. The lowest BCUT2D eigenvalue weighted by Gasteiger charge is -2.35. The molecular formula is C18H23F2N3O2. The van der Waals surface area contributed by atoms with Gasteiger partial charge in [0.05, 0.1) is 6.54 Å². The van der Waals surface area contributed by atoms with E-state index in [0.29, 0.717) is 38.3 Å². The number of nitrogens with zero attached hydrogens (tertiary/aromatic N) is 3. The number of amides is 2. The van der Waals surface area contributed by atoms with Crippen LogP contribution in [0.4, 0.5) is 8.78 Å².